The Labute approximate surface area is 80.3 Å². The number of alkyl halides is 1. The summed E-state index contributed by atoms with van der Waals surface area (Å²) in [7, 11) is 0. The highest BCUT2D eigenvalue weighted by Gasteiger charge is 2.29. The molecule has 1 N–H and O–H groups in total. The first-order valence-corrected chi connectivity index (χ1v) is 5.02. The molecule has 0 aromatic rings. The molecular weight excluding hydrogens is 259 g/mol. The van der Waals surface area contributed by atoms with E-state index in [1.54, 1.807) is 6.92 Å². The third kappa shape index (κ3) is 3.91. The molecule has 0 heterocycles. The van der Waals surface area contributed by atoms with E-state index >= 15 is 0 Å². The van der Waals surface area contributed by atoms with Crippen LogP contribution < -0.4 is 0 Å². The largest absolute Gasteiger partial charge is 0.463 e. The number of carbonyl (C=O) groups is 1. The summed E-state index contributed by atoms with van der Waals surface area (Å²) in [6.45, 7) is 3.57. The maximum atomic E-state index is 11.0. The fourth-order valence-electron chi connectivity index (χ4n) is 0.431. The van der Waals surface area contributed by atoms with Crippen LogP contribution in [0.25, 0.3) is 0 Å². The van der Waals surface area contributed by atoms with Gasteiger partial charge in [0.2, 0.25) is 0 Å². The second kappa shape index (κ2) is 4.92. The van der Waals surface area contributed by atoms with Gasteiger partial charge in [0.05, 0.1) is 0 Å². The highest BCUT2D eigenvalue weighted by atomic mass is 127. The maximum Gasteiger partial charge on any atom is 0.337 e. The van der Waals surface area contributed by atoms with E-state index in [4.69, 9.17) is 4.74 Å². The summed E-state index contributed by atoms with van der Waals surface area (Å²) in [5, 5.41) is 9.34. The van der Waals surface area contributed by atoms with Crippen molar-refractivity contribution in [3.63, 3.8) is 0 Å². The summed E-state index contributed by atoms with van der Waals surface area (Å²) in [4.78, 5) is 11.0. The van der Waals surface area contributed by atoms with Crippen LogP contribution in [0.2, 0.25) is 0 Å². The first-order valence-electron chi connectivity index (χ1n) is 3.50. The molecule has 1 atom stereocenters. The Balaban J connectivity index is 3.82. The molecule has 0 aliphatic heterocycles. The van der Waals surface area contributed by atoms with E-state index in [2.05, 4.69) is 22.6 Å². The van der Waals surface area contributed by atoms with Crippen molar-refractivity contribution >= 4 is 28.6 Å². The van der Waals surface area contributed by atoms with Gasteiger partial charge in [-0.05, 0) is 13.3 Å². The third-order valence-electron chi connectivity index (χ3n) is 1.44. The number of carbonyl (C=O) groups excluding carboxylic acids is 1. The molecule has 0 saturated carbocycles. The molecule has 0 aromatic heterocycles. The van der Waals surface area contributed by atoms with Crippen molar-refractivity contribution in [2.24, 2.45) is 0 Å². The number of hydrogen-bond donors (Lipinski definition) is 1. The highest BCUT2D eigenvalue weighted by Crippen LogP contribution is 2.10. The van der Waals surface area contributed by atoms with E-state index < -0.39 is 11.6 Å². The Hall–Kier alpha value is 0.160. The lowest BCUT2D eigenvalue weighted by molar-refractivity contribution is -0.163. The van der Waals surface area contributed by atoms with Gasteiger partial charge in [0.1, 0.15) is 6.61 Å². The second-order valence-electron chi connectivity index (χ2n) is 2.45. The Morgan fingerprint density at radius 3 is 2.64 bits per heavy atom. The fraction of sp³-hybridized carbons (Fsp3) is 0.857. The van der Waals surface area contributed by atoms with Gasteiger partial charge in [-0.2, -0.15) is 0 Å². The van der Waals surface area contributed by atoms with Gasteiger partial charge < -0.3 is 9.84 Å². The Bertz CT molecular complexity index is 134. The van der Waals surface area contributed by atoms with Crippen LogP contribution in [0.4, 0.5) is 0 Å². The monoisotopic (exact) mass is 272 g/mol. The minimum Gasteiger partial charge on any atom is -0.463 e. The summed E-state index contributed by atoms with van der Waals surface area (Å²) in [5.74, 6) is -0.531. The smallest absolute Gasteiger partial charge is 0.337 e. The van der Waals surface area contributed by atoms with Gasteiger partial charge in [-0.3, -0.25) is 0 Å². The molecule has 0 aliphatic carbocycles. The van der Waals surface area contributed by atoms with Gasteiger partial charge in [-0.15, -0.1) is 0 Å². The van der Waals surface area contributed by atoms with Crippen LogP contribution in [0.1, 0.15) is 20.3 Å². The van der Waals surface area contributed by atoms with E-state index in [1.165, 1.54) is 6.92 Å². The van der Waals surface area contributed by atoms with E-state index in [1.807, 2.05) is 0 Å². The topological polar surface area (TPSA) is 46.5 Å². The lowest BCUT2D eigenvalue weighted by atomic mass is 10.1. The third-order valence-corrected chi connectivity index (χ3v) is 1.88. The number of hydrogen-bond acceptors (Lipinski definition) is 3. The van der Waals surface area contributed by atoms with Crippen LogP contribution in [0, 0.1) is 0 Å². The fourth-order valence-corrected chi connectivity index (χ4v) is 0.651. The molecule has 0 fully saturated rings. The van der Waals surface area contributed by atoms with Crippen molar-refractivity contribution in [1.82, 2.24) is 0 Å². The van der Waals surface area contributed by atoms with Crippen molar-refractivity contribution in [1.29, 1.82) is 0 Å². The molecule has 0 bridgehead atoms. The quantitative estimate of drug-likeness (QED) is 0.474. The molecule has 4 heteroatoms. The van der Waals surface area contributed by atoms with Crippen LogP contribution in [0.5, 0.6) is 0 Å². The number of aliphatic hydroxyl groups is 1. The van der Waals surface area contributed by atoms with Crippen molar-refractivity contribution in [2.45, 2.75) is 25.9 Å². The van der Waals surface area contributed by atoms with Crippen molar-refractivity contribution in [3.8, 4) is 0 Å². The van der Waals surface area contributed by atoms with E-state index in [0.717, 1.165) is 4.43 Å². The average molecular weight is 272 g/mol. The Morgan fingerprint density at radius 2 is 2.27 bits per heavy atom. The molecule has 3 nitrogen and oxygen atoms in total. The molecule has 0 aliphatic rings. The van der Waals surface area contributed by atoms with E-state index in [-0.39, 0.29) is 0 Å². The average Bonchev–Trinajstić information content (AvgIpc) is 2.00. The van der Waals surface area contributed by atoms with Gasteiger partial charge >= 0.3 is 5.97 Å². The van der Waals surface area contributed by atoms with Crippen molar-refractivity contribution < 1.29 is 14.6 Å². The zero-order valence-electron chi connectivity index (χ0n) is 6.76. The van der Waals surface area contributed by atoms with Crippen LogP contribution in [0.3, 0.4) is 0 Å². The van der Waals surface area contributed by atoms with Gasteiger partial charge in [-0.1, -0.05) is 29.5 Å². The SMILES string of the molecule is CCC(C)(O)C(=O)OCCI. The Morgan fingerprint density at radius 1 is 1.73 bits per heavy atom. The first kappa shape index (κ1) is 11.2. The van der Waals surface area contributed by atoms with E-state index in [9.17, 15) is 9.90 Å². The van der Waals surface area contributed by atoms with Gasteiger partial charge in [0.25, 0.3) is 0 Å². The number of ether oxygens (including phenoxy) is 1. The summed E-state index contributed by atoms with van der Waals surface area (Å²) in [5.41, 5.74) is -1.31. The zero-order chi connectivity index (χ0) is 8.91. The van der Waals surface area contributed by atoms with E-state index in [0.29, 0.717) is 13.0 Å². The number of halogens is 1. The molecular formula is C7H13IO3. The first-order chi connectivity index (χ1) is 5.04. The molecule has 0 aromatic carbocycles. The minimum atomic E-state index is -1.31. The van der Waals surface area contributed by atoms with Gasteiger partial charge in [0.15, 0.2) is 5.60 Å². The Kier molecular flexibility index (Phi) is 4.99. The molecule has 0 saturated heterocycles. The predicted octanol–water partition coefficient (Wildman–Crippen LogP) is 1.13. The van der Waals surface area contributed by atoms with Crippen LogP contribution in [-0.2, 0) is 9.53 Å². The maximum absolute atomic E-state index is 11.0. The van der Waals surface area contributed by atoms with Crippen LogP contribution >= 0.6 is 22.6 Å². The molecule has 66 valence electrons. The molecule has 0 amide bonds. The van der Waals surface area contributed by atoms with Gasteiger partial charge in [0, 0.05) is 4.43 Å². The second-order valence-corrected chi connectivity index (χ2v) is 3.53. The lowest BCUT2D eigenvalue weighted by Crippen LogP contribution is -2.36. The molecule has 0 radical (unpaired) electrons. The van der Waals surface area contributed by atoms with Crippen molar-refractivity contribution in [3.05, 3.63) is 0 Å². The zero-order valence-corrected chi connectivity index (χ0v) is 8.92. The van der Waals surface area contributed by atoms with Crippen LogP contribution in [-0.4, -0.2) is 27.7 Å². The van der Waals surface area contributed by atoms with Crippen LogP contribution in [0.15, 0.2) is 0 Å². The summed E-state index contributed by atoms with van der Waals surface area (Å²) < 4.78 is 5.50. The van der Waals surface area contributed by atoms with Crippen molar-refractivity contribution in [2.75, 3.05) is 11.0 Å². The molecule has 11 heavy (non-hydrogen) atoms. The lowest BCUT2D eigenvalue weighted by Gasteiger charge is -2.18. The molecule has 1 unspecified atom stereocenters. The molecule has 0 rings (SSSR count). The van der Waals surface area contributed by atoms with Gasteiger partial charge in [-0.25, -0.2) is 4.79 Å². The minimum absolute atomic E-state index is 0.371. The standard InChI is InChI=1S/C7H13IO3/c1-3-7(2,10)6(9)11-5-4-8/h10H,3-5H2,1-2H3. The highest BCUT2D eigenvalue weighted by molar-refractivity contribution is 14.1. The predicted molar refractivity (Wildman–Crippen MR) is 50.8 cm³/mol. The summed E-state index contributed by atoms with van der Waals surface area (Å²) in [6, 6.07) is 0. The molecule has 0 spiro atoms. The summed E-state index contributed by atoms with van der Waals surface area (Å²) >= 11 is 2.10. The number of rotatable bonds is 4. The normalized spacial score (nSPS) is 15.6. The number of esters is 1. The summed E-state index contributed by atoms with van der Waals surface area (Å²) in [6.07, 6.45) is 0.382.